The Morgan fingerprint density at radius 3 is 2.86 bits per heavy atom. The number of guanidine groups is 1. The third kappa shape index (κ3) is 5.97. The first-order valence-corrected chi connectivity index (χ1v) is 9.61. The molecule has 3 rings (SSSR count). The number of rotatable bonds is 9. The zero-order valence-corrected chi connectivity index (χ0v) is 16.6. The van der Waals surface area contributed by atoms with Gasteiger partial charge in [-0.15, -0.1) is 0 Å². The summed E-state index contributed by atoms with van der Waals surface area (Å²) in [4.78, 5) is 4.25. The second kappa shape index (κ2) is 10.7. The van der Waals surface area contributed by atoms with E-state index in [1.807, 2.05) is 41.2 Å². The number of aliphatic imine (C=N–C) groups is 1. The summed E-state index contributed by atoms with van der Waals surface area (Å²) in [6.07, 6.45) is 4.13. The van der Waals surface area contributed by atoms with Crippen LogP contribution in [0.5, 0.6) is 5.75 Å². The lowest BCUT2D eigenvalue weighted by molar-refractivity contribution is 0.0420. The fourth-order valence-electron chi connectivity index (χ4n) is 2.90. The van der Waals surface area contributed by atoms with Crippen molar-refractivity contribution in [1.29, 1.82) is 0 Å². The standard InChI is InChI=1S/C20H29N5O3/c1-21-20(22-10-3-12-28-19-9-13-27-15-19)23-14-16-8-11-25(24-16)17-4-6-18(26-2)7-5-17/h4-8,11,19H,3,9-10,12-15H2,1-2H3,(H2,21,22,23). The topological polar surface area (TPSA) is 81.9 Å². The maximum atomic E-state index is 5.76. The van der Waals surface area contributed by atoms with Gasteiger partial charge >= 0.3 is 0 Å². The molecular formula is C20H29N5O3. The van der Waals surface area contributed by atoms with Gasteiger partial charge in [0.05, 0.1) is 37.7 Å². The number of benzene rings is 1. The number of methoxy groups -OCH3 is 1. The van der Waals surface area contributed by atoms with Crippen LogP contribution >= 0.6 is 0 Å². The van der Waals surface area contributed by atoms with Crippen LogP contribution in [0.1, 0.15) is 18.5 Å². The smallest absolute Gasteiger partial charge is 0.191 e. The van der Waals surface area contributed by atoms with Gasteiger partial charge in [-0.3, -0.25) is 4.99 Å². The normalized spacial score (nSPS) is 16.9. The maximum Gasteiger partial charge on any atom is 0.191 e. The molecule has 1 saturated heterocycles. The van der Waals surface area contributed by atoms with Gasteiger partial charge in [0.2, 0.25) is 0 Å². The quantitative estimate of drug-likeness (QED) is 0.388. The van der Waals surface area contributed by atoms with Gasteiger partial charge in [0.25, 0.3) is 0 Å². The molecule has 8 heteroatoms. The van der Waals surface area contributed by atoms with Crippen molar-refractivity contribution in [2.75, 3.05) is 40.5 Å². The molecule has 8 nitrogen and oxygen atoms in total. The molecule has 28 heavy (non-hydrogen) atoms. The van der Waals surface area contributed by atoms with Gasteiger partial charge in [-0.25, -0.2) is 4.68 Å². The minimum absolute atomic E-state index is 0.262. The molecule has 0 amide bonds. The van der Waals surface area contributed by atoms with E-state index in [1.54, 1.807) is 14.2 Å². The lowest BCUT2D eigenvalue weighted by atomic mass is 10.3. The first-order chi connectivity index (χ1) is 13.8. The van der Waals surface area contributed by atoms with Gasteiger partial charge < -0.3 is 24.8 Å². The van der Waals surface area contributed by atoms with Gasteiger partial charge in [0, 0.05) is 33.0 Å². The summed E-state index contributed by atoms with van der Waals surface area (Å²) in [6.45, 7) is 3.66. The molecule has 0 bridgehead atoms. The van der Waals surface area contributed by atoms with Crippen LogP contribution in [0, 0.1) is 0 Å². The Bertz CT molecular complexity index is 739. The molecule has 1 aliphatic rings. The van der Waals surface area contributed by atoms with Crippen molar-refractivity contribution in [3.05, 3.63) is 42.2 Å². The summed E-state index contributed by atoms with van der Waals surface area (Å²) in [5.41, 5.74) is 1.92. The monoisotopic (exact) mass is 387 g/mol. The number of nitrogens with one attached hydrogen (secondary N) is 2. The first kappa shape index (κ1) is 20.2. The van der Waals surface area contributed by atoms with E-state index < -0.39 is 0 Å². The van der Waals surface area contributed by atoms with Crippen molar-refractivity contribution in [2.24, 2.45) is 4.99 Å². The van der Waals surface area contributed by atoms with Gasteiger partial charge in [-0.2, -0.15) is 5.10 Å². The predicted octanol–water partition coefficient (Wildman–Crippen LogP) is 1.74. The second-order valence-electron chi connectivity index (χ2n) is 6.51. The van der Waals surface area contributed by atoms with Crippen LogP contribution in [0.15, 0.2) is 41.5 Å². The van der Waals surface area contributed by atoms with Gasteiger partial charge in [0.15, 0.2) is 5.96 Å². The molecule has 2 N–H and O–H groups in total. The van der Waals surface area contributed by atoms with Gasteiger partial charge in [0.1, 0.15) is 5.75 Å². The third-order valence-corrected chi connectivity index (χ3v) is 4.50. The van der Waals surface area contributed by atoms with Crippen molar-refractivity contribution in [3.63, 3.8) is 0 Å². The van der Waals surface area contributed by atoms with Crippen molar-refractivity contribution in [1.82, 2.24) is 20.4 Å². The highest BCUT2D eigenvalue weighted by molar-refractivity contribution is 5.79. The lowest BCUT2D eigenvalue weighted by Gasteiger charge is -2.12. The van der Waals surface area contributed by atoms with E-state index in [4.69, 9.17) is 14.2 Å². The summed E-state index contributed by atoms with van der Waals surface area (Å²) in [6, 6.07) is 9.78. The van der Waals surface area contributed by atoms with E-state index in [9.17, 15) is 0 Å². The van der Waals surface area contributed by atoms with Crippen molar-refractivity contribution >= 4 is 5.96 Å². The van der Waals surface area contributed by atoms with E-state index in [0.29, 0.717) is 6.54 Å². The molecule has 1 fully saturated rings. The first-order valence-electron chi connectivity index (χ1n) is 9.61. The molecule has 0 saturated carbocycles. The molecule has 152 valence electrons. The Kier molecular flexibility index (Phi) is 7.69. The highest BCUT2D eigenvalue weighted by Crippen LogP contribution is 2.14. The second-order valence-corrected chi connectivity index (χ2v) is 6.51. The SMILES string of the molecule is CN=C(NCCCOC1CCOC1)NCc1ccn(-c2ccc(OC)cc2)n1. The molecule has 1 atom stereocenters. The third-order valence-electron chi connectivity index (χ3n) is 4.50. The molecule has 2 heterocycles. The summed E-state index contributed by atoms with van der Waals surface area (Å²) in [5, 5.41) is 11.2. The highest BCUT2D eigenvalue weighted by atomic mass is 16.5. The Labute approximate surface area is 165 Å². The summed E-state index contributed by atoms with van der Waals surface area (Å²) in [5.74, 6) is 1.58. The molecular weight excluding hydrogens is 358 g/mol. The average Bonchev–Trinajstić information content (AvgIpc) is 3.42. The number of hydrogen-bond acceptors (Lipinski definition) is 5. The molecule has 1 aromatic carbocycles. The highest BCUT2D eigenvalue weighted by Gasteiger charge is 2.15. The van der Waals surface area contributed by atoms with E-state index in [0.717, 1.165) is 62.3 Å². The average molecular weight is 387 g/mol. The minimum Gasteiger partial charge on any atom is -0.497 e. The van der Waals surface area contributed by atoms with Crippen molar-refractivity contribution < 1.29 is 14.2 Å². The molecule has 0 aliphatic carbocycles. The maximum absolute atomic E-state index is 5.76. The zero-order valence-electron chi connectivity index (χ0n) is 16.6. The fraction of sp³-hybridized carbons (Fsp3) is 0.500. The van der Waals surface area contributed by atoms with Crippen LogP contribution in [0.4, 0.5) is 0 Å². The zero-order chi connectivity index (χ0) is 19.6. The van der Waals surface area contributed by atoms with Crippen LogP contribution in [0.25, 0.3) is 5.69 Å². The van der Waals surface area contributed by atoms with Crippen LogP contribution in [-0.4, -0.2) is 62.4 Å². The van der Waals surface area contributed by atoms with E-state index >= 15 is 0 Å². The minimum atomic E-state index is 0.262. The summed E-state index contributed by atoms with van der Waals surface area (Å²) >= 11 is 0. The number of aromatic nitrogens is 2. The van der Waals surface area contributed by atoms with Crippen LogP contribution in [-0.2, 0) is 16.0 Å². The van der Waals surface area contributed by atoms with Gasteiger partial charge in [-0.05, 0) is 43.2 Å². The molecule has 2 aromatic rings. The van der Waals surface area contributed by atoms with Crippen molar-refractivity contribution in [3.8, 4) is 11.4 Å². The van der Waals surface area contributed by atoms with Gasteiger partial charge in [-0.1, -0.05) is 0 Å². The number of nitrogens with zero attached hydrogens (tertiary/aromatic N) is 3. The number of hydrogen-bond donors (Lipinski definition) is 2. The Hall–Kier alpha value is -2.58. The van der Waals surface area contributed by atoms with E-state index in [-0.39, 0.29) is 6.10 Å². The predicted molar refractivity (Wildman–Crippen MR) is 108 cm³/mol. The summed E-state index contributed by atoms with van der Waals surface area (Å²) in [7, 11) is 3.42. The van der Waals surface area contributed by atoms with Crippen LogP contribution in [0.3, 0.4) is 0 Å². The van der Waals surface area contributed by atoms with E-state index in [2.05, 4.69) is 20.7 Å². The van der Waals surface area contributed by atoms with Crippen molar-refractivity contribution in [2.45, 2.75) is 25.5 Å². The molecule has 1 unspecified atom stereocenters. The molecule has 0 radical (unpaired) electrons. The Balaban J connectivity index is 1.38. The fourth-order valence-corrected chi connectivity index (χ4v) is 2.90. The lowest BCUT2D eigenvalue weighted by Crippen LogP contribution is -2.37. The van der Waals surface area contributed by atoms with Crippen LogP contribution < -0.4 is 15.4 Å². The summed E-state index contributed by atoms with van der Waals surface area (Å²) < 4.78 is 18.1. The molecule has 1 aliphatic heterocycles. The molecule has 0 spiro atoms. The van der Waals surface area contributed by atoms with E-state index in [1.165, 1.54) is 0 Å². The number of ether oxygens (including phenoxy) is 3. The Morgan fingerprint density at radius 2 is 2.14 bits per heavy atom. The Morgan fingerprint density at radius 1 is 1.29 bits per heavy atom. The molecule has 1 aromatic heterocycles. The van der Waals surface area contributed by atoms with Crippen LogP contribution in [0.2, 0.25) is 0 Å². The largest absolute Gasteiger partial charge is 0.497 e.